The van der Waals surface area contributed by atoms with Crippen LogP contribution in [0.2, 0.25) is 0 Å². The van der Waals surface area contributed by atoms with Gasteiger partial charge in [-0.05, 0) is 41.0 Å². The van der Waals surface area contributed by atoms with Gasteiger partial charge in [0, 0.05) is 22.7 Å². The third kappa shape index (κ3) is 4.31. The fraction of sp³-hybridized carbons (Fsp3) is 0.111. The molecule has 0 radical (unpaired) electrons. The van der Waals surface area contributed by atoms with E-state index in [9.17, 15) is 10.2 Å². The summed E-state index contributed by atoms with van der Waals surface area (Å²) in [6.07, 6.45) is 3.43. The summed E-state index contributed by atoms with van der Waals surface area (Å²) in [6, 6.07) is 22.5. The number of nitrogens with zero attached hydrogens (tertiary/aromatic N) is 1. The van der Waals surface area contributed by atoms with Gasteiger partial charge in [-0.1, -0.05) is 54.7 Å². The minimum Gasteiger partial charge on any atom is -0.867 e. The van der Waals surface area contributed by atoms with E-state index in [-0.39, 0.29) is 23.1 Å². The highest BCUT2D eigenvalue weighted by Gasteiger charge is 2.21. The van der Waals surface area contributed by atoms with Gasteiger partial charge in [0.15, 0.2) is 28.9 Å². The van der Waals surface area contributed by atoms with E-state index in [2.05, 4.69) is 5.32 Å². The lowest BCUT2D eigenvalue weighted by atomic mass is 10.1. The first kappa shape index (κ1) is 21.9. The number of hydrogen-bond donors (Lipinski definition) is 2. The first-order chi connectivity index (χ1) is 16.6. The van der Waals surface area contributed by atoms with Crippen molar-refractivity contribution in [3.05, 3.63) is 96.3 Å². The molecule has 0 bridgehead atoms. The molecule has 0 amide bonds. The van der Waals surface area contributed by atoms with Crippen molar-refractivity contribution in [1.82, 2.24) is 0 Å². The van der Waals surface area contributed by atoms with Gasteiger partial charge < -0.3 is 25.0 Å². The number of rotatable bonds is 5. The number of pyridine rings is 1. The molecule has 0 atom stereocenters. The number of ether oxygens (including phenoxy) is 2. The van der Waals surface area contributed by atoms with Crippen molar-refractivity contribution in [2.75, 3.05) is 18.5 Å². The van der Waals surface area contributed by atoms with Crippen LogP contribution in [0.4, 0.5) is 5.69 Å². The molecule has 3 aromatic carbocycles. The van der Waals surface area contributed by atoms with Gasteiger partial charge in [-0.25, -0.2) is 0 Å². The molecular weight excluding hydrogens is 448 g/mol. The summed E-state index contributed by atoms with van der Waals surface area (Å²) in [6.45, 7) is 0.742. The van der Waals surface area contributed by atoms with Crippen molar-refractivity contribution in [3.8, 4) is 11.5 Å². The summed E-state index contributed by atoms with van der Waals surface area (Å²) in [5.41, 5.74) is 2.13. The maximum Gasteiger partial charge on any atom is 0.238 e. The van der Waals surface area contributed by atoms with Crippen LogP contribution in [0.15, 0.2) is 85.2 Å². The van der Waals surface area contributed by atoms with Gasteiger partial charge in [-0.15, -0.1) is 0 Å². The Morgan fingerprint density at radius 3 is 2.62 bits per heavy atom. The maximum absolute atomic E-state index is 13.8. The summed E-state index contributed by atoms with van der Waals surface area (Å²) in [5, 5.41) is 28.7. The lowest BCUT2D eigenvalue weighted by Gasteiger charge is -2.21. The molecule has 5 rings (SSSR count). The summed E-state index contributed by atoms with van der Waals surface area (Å²) in [4.78, 5) is 0.260. The molecule has 2 N–H and O–H groups in total. The van der Waals surface area contributed by atoms with Crippen LogP contribution in [0, 0.1) is 0 Å². The fourth-order valence-electron chi connectivity index (χ4n) is 3.93. The van der Waals surface area contributed by atoms with E-state index in [0.717, 1.165) is 16.5 Å². The van der Waals surface area contributed by atoms with E-state index in [4.69, 9.17) is 21.7 Å². The topological polar surface area (TPSA) is 77.7 Å². The van der Waals surface area contributed by atoms with Gasteiger partial charge >= 0.3 is 0 Å². The molecule has 0 saturated heterocycles. The van der Waals surface area contributed by atoms with Gasteiger partial charge in [0.25, 0.3) is 0 Å². The van der Waals surface area contributed by atoms with Crippen molar-refractivity contribution >= 4 is 45.1 Å². The maximum atomic E-state index is 13.8. The van der Waals surface area contributed by atoms with Crippen LogP contribution in [0.5, 0.6) is 11.5 Å². The first-order valence-corrected chi connectivity index (χ1v) is 11.3. The zero-order valence-electron chi connectivity index (χ0n) is 18.2. The van der Waals surface area contributed by atoms with Crippen LogP contribution < -0.4 is 24.5 Å². The summed E-state index contributed by atoms with van der Waals surface area (Å²) in [5.74, 6) is 0.851. The van der Waals surface area contributed by atoms with Crippen molar-refractivity contribution in [2.24, 2.45) is 0 Å². The highest BCUT2D eigenvalue weighted by Crippen LogP contribution is 2.33. The predicted molar refractivity (Wildman–Crippen MR) is 133 cm³/mol. The molecule has 4 aromatic rings. The molecule has 170 valence electrons. The summed E-state index contributed by atoms with van der Waals surface area (Å²) in [7, 11) is 0. The third-order valence-electron chi connectivity index (χ3n) is 5.58. The summed E-state index contributed by atoms with van der Waals surface area (Å²) >= 11 is 5.77. The number of aliphatic hydroxyl groups excluding tert-OH is 1. The standard InChI is InChI=1S/C27H22N2O4S/c30-17-18-5-4-12-29(16-18)25(26(31)20-10-11-23-24(15-20)33-14-13-32-23)27(34)28-22-9-3-7-19-6-1-2-8-21(19)22/h1-12,15-16,30H,13-14,17H2,(H-,28,31,34). The first-order valence-electron chi connectivity index (χ1n) is 10.9. The minimum atomic E-state index is -0.283. The van der Waals surface area contributed by atoms with Crippen LogP contribution in [0.25, 0.3) is 22.2 Å². The Hall–Kier alpha value is -3.94. The normalized spacial score (nSPS) is 13.3. The van der Waals surface area contributed by atoms with Crippen LogP contribution in [0.3, 0.4) is 0 Å². The Morgan fingerprint density at radius 1 is 0.971 bits per heavy atom. The highest BCUT2D eigenvalue weighted by atomic mass is 32.1. The van der Waals surface area contributed by atoms with Gasteiger partial charge in [-0.2, -0.15) is 4.57 Å². The lowest BCUT2D eigenvalue weighted by molar-refractivity contribution is -0.578. The van der Waals surface area contributed by atoms with E-state index >= 15 is 0 Å². The van der Waals surface area contributed by atoms with E-state index in [1.165, 1.54) is 0 Å². The third-order valence-corrected chi connectivity index (χ3v) is 5.87. The number of fused-ring (bicyclic) bond motifs is 2. The molecule has 0 fully saturated rings. The average Bonchev–Trinajstić information content (AvgIpc) is 2.89. The molecule has 7 heteroatoms. The number of nitrogens with one attached hydrogen (secondary N) is 1. The minimum absolute atomic E-state index is 0.157. The second-order valence-corrected chi connectivity index (χ2v) is 8.20. The Bertz CT molecular complexity index is 1410. The van der Waals surface area contributed by atoms with E-state index < -0.39 is 0 Å². The zero-order chi connectivity index (χ0) is 23.5. The van der Waals surface area contributed by atoms with E-state index in [1.54, 1.807) is 47.3 Å². The smallest absolute Gasteiger partial charge is 0.238 e. The number of aromatic nitrogens is 1. The molecule has 6 nitrogen and oxygen atoms in total. The van der Waals surface area contributed by atoms with Crippen LogP contribution in [0.1, 0.15) is 11.1 Å². The predicted octanol–water partition coefficient (Wildman–Crippen LogP) is 3.52. The quantitative estimate of drug-likeness (QED) is 0.201. The van der Waals surface area contributed by atoms with Crippen LogP contribution >= 0.6 is 12.2 Å². The Morgan fingerprint density at radius 2 is 1.76 bits per heavy atom. The van der Waals surface area contributed by atoms with Gasteiger partial charge in [0.1, 0.15) is 13.2 Å². The van der Waals surface area contributed by atoms with Gasteiger partial charge in [0.05, 0.1) is 6.61 Å². The molecule has 2 heterocycles. The van der Waals surface area contributed by atoms with Crippen LogP contribution in [-0.2, 0) is 6.61 Å². The van der Waals surface area contributed by atoms with E-state index in [0.29, 0.717) is 35.8 Å². The van der Waals surface area contributed by atoms with Gasteiger partial charge in [-0.3, -0.25) is 0 Å². The van der Waals surface area contributed by atoms with Crippen molar-refractivity contribution in [1.29, 1.82) is 0 Å². The van der Waals surface area contributed by atoms with Gasteiger partial charge in [0.2, 0.25) is 5.70 Å². The second-order valence-electron chi connectivity index (χ2n) is 7.79. The average molecular weight is 471 g/mol. The molecule has 1 aromatic heterocycles. The molecular formula is C27H22N2O4S. The van der Waals surface area contributed by atoms with Crippen molar-refractivity contribution < 1.29 is 24.3 Å². The largest absolute Gasteiger partial charge is 0.867 e. The van der Waals surface area contributed by atoms with Crippen molar-refractivity contribution in [3.63, 3.8) is 0 Å². The Balaban J connectivity index is 1.61. The fourth-order valence-corrected chi connectivity index (χ4v) is 4.24. The Kier molecular flexibility index (Phi) is 6.12. The number of aliphatic hydroxyl groups is 1. The molecule has 0 spiro atoms. The molecule has 0 aliphatic carbocycles. The van der Waals surface area contributed by atoms with Crippen molar-refractivity contribution in [2.45, 2.75) is 6.61 Å². The number of benzene rings is 3. The van der Waals surface area contributed by atoms with Crippen LogP contribution in [-0.4, -0.2) is 23.3 Å². The SMILES string of the molecule is [O-]/C(=C(\C(=S)Nc1cccc2ccccc12)[n+]1cccc(CO)c1)c1ccc2c(c1)OCCO2. The number of anilines is 1. The monoisotopic (exact) mass is 470 g/mol. The number of hydrogen-bond acceptors (Lipinski definition) is 5. The highest BCUT2D eigenvalue weighted by molar-refractivity contribution is 7.81. The molecule has 1 aliphatic heterocycles. The molecule has 1 aliphatic rings. The Labute approximate surface area is 202 Å². The van der Waals surface area contributed by atoms with E-state index in [1.807, 2.05) is 42.5 Å². The molecule has 0 saturated carbocycles. The second kappa shape index (κ2) is 9.51. The number of thiocarbonyl (C=S) groups is 1. The molecule has 0 unspecified atom stereocenters. The lowest BCUT2D eigenvalue weighted by Crippen LogP contribution is -2.40. The zero-order valence-corrected chi connectivity index (χ0v) is 19.0. The summed E-state index contributed by atoms with van der Waals surface area (Å²) < 4.78 is 12.9. The molecule has 34 heavy (non-hydrogen) atoms.